The number of aromatic nitrogens is 1. The number of fused-ring (bicyclic) bond motifs is 2. The van der Waals surface area contributed by atoms with Gasteiger partial charge in [-0.05, 0) is 35.9 Å². The van der Waals surface area contributed by atoms with Crippen LogP contribution in [0.25, 0.3) is 11.0 Å². The van der Waals surface area contributed by atoms with Crippen molar-refractivity contribution in [2.24, 2.45) is 0 Å². The molecule has 0 saturated heterocycles. The summed E-state index contributed by atoms with van der Waals surface area (Å²) in [6, 6.07) is 7.30. The van der Waals surface area contributed by atoms with E-state index in [1.54, 1.807) is 35.8 Å². The number of methoxy groups -OCH3 is 3. The minimum atomic E-state index is -0.827. The van der Waals surface area contributed by atoms with Crippen molar-refractivity contribution in [1.82, 2.24) is 4.98 Å². The molecule has 4 aromatic rings. The Labute approximate surface area is 196 Å². The summed E-state index contributed by atoms with van der Waals surface area (Å²) in [6.07, 6.45) is 1.59. The normalized spacial score (nSPS) is 15.1. The Bertz CT molecular complexity index is 1420. The molecule has 1 atom stereocenters. The molecule has 3 heterocycles. The van der Waals surface area contributed by atoms with Crippen LogP contribution in [0, 0.1) is 0 Å². The van der Waals surface area contributed by atoms with Gasteiger partial charge in [-0.15, -0.1) is 11.3 Å². The van der Waals surface area contributed by atoms with Crippen molar-refractivity contribution >= 4 is 44.9 Å². The second kappa shape index (κ2) is 8.09. The molecule has 0 fully saturated rings. The smallest absolute Gasteiger partial charge is 0.297 e. The summed E-state index contributed by atoms with van der Waals surface area (Å²) in [5, 5.41) is 2.85. The number of thiazole rings is 1. The Morgan fingerprint density at radius 3 is 2.39 bits per heavy atom. The monoisotopic (exact) mass is 484 g/mol. The second-order valence-electron chi connectivity index (χ2n) is 7.17. The number of nitrogens with zero attached hydrogens (tertiary/aromatic N) is 2. The topological polar surface area (TPSA) is 91.1 Å². The van der Waals surface area contributed by atoms with Gasteiger partial charge in [-0.3, -0.25) is 14.5 Å². The number of hydrogen-bond donors (Lipinski definition) is 0. The molecule has 0 bridgehead atoms. The van der Waals surface area contributed by atoms with Crippen molar-refractivity contribution in [2.75, 3.05) is 26.2 Å². The number of hydrogen-bond acceptors (Lipinski definition) is 8. The van der Waals surface area contributed by atoms with Crippen LogP contribution >= 0.6 is 22.9 Å². The molecule has 1 aliphatic heterocycles. The zero-order valence-corrected chi connectivity index (χ0v) is 19.3. The van der Waals surface area contributed by atoms with Gasteiger partial charge in [-0.25, -0.2) is 4.98 Å². The maximum Gasteiger partial charge on any atom is 0.297 e. The predicted molar refractivity (Wildman–Crippen MR) is 124 cm³/mol. The largest absolute Gasteiger partial charge is 0.493 e. The SMILES string of the molecule is COc1cc([C@H]2c3c(oc4ccc(Cl)cc4c3=O)C(=O)N2c2nccs2)cc(OC)c1OC. The zero-order valence-electron chi connectivity index (χ0n) is 17.7. The Hall–Kier alpha value is -3.56. The van der Waals surface area contributed by atoms with Crippen LogP contribution < -0.4 is 24.5 Å². The Balaban J connectivity index is 1.84. The van der Waals surface area contributed by atoms with E-state index in [2.05, 4.69) is 4.98 Å². The highest BCUT2D eigenvalue weighted by atomic mass is 35.5. The van der Waals surface area contributed by atoms with Crippen molar-refractivity contribution in [1.29, 1.82) is 0 Å². The number of benzene rings is 2. The molecular formula is C23H17ClN2O6S. The van der Waals surface area contributed by atoms with E-state index in [0.717, 1.165) is 0 Å². The second-order valence-corrected chi connectivity index (χ2v) is 8.47. The van der Waals surface area contributed by atoms with Gasteiger partial charge in [-0.1, -0.05) is 11.6 Å². The number of ether oxygens (including phenoxy) is 3. The van der Waals surface area contributed by atoms with E-state index in [4.69, 9.17) is 30.2 Å². The first-order valence-electron chi connectivity index (χ1n) is 9.77. The average Bonchev–Trinajstić information content (AvgIpc) is 3.45. The highest BCUT2D eigenvalue weighted by molar-refractivity contribution is 7.13. The lowest BCUT2D eigenvalue weighted by atomic mass is 9.98. The van der Waals surface area contributed by atoms with E-state index in [1.165, 1.54) is 43.6 Å². The first-order valence-corrected chi connectivity index (χ1v) is 11.0. The molecule has 8 nitrogen and oxygen atoms in total. The third-order valence-electron chi connectivity index (χ3n) is 5.46. The Morgan fingerprint density at radius 2 is 1.79 bits per heavy atom. The molecule has 0 spiro atoms. The summed E-state index contributed by atoms with van der Waals surface area (Å²) >= 11 is 7.41. The lowest BCUT2D eigenvalue weighted by molar-refractivity contribution is 0.0971. The first kappa shape index (κ1) is 21.3. The highest BCUT2D eigenvalue weighted by Gasteiger charge is 2.45. The number of halogens is 1. The van der Waals surface area contributed by atoms with Gasteiger partial charge in [0.2, 0.25) is 11.5 Å². The van der Waals surface area contributed by atoms with Crippen LogP contribution in [0.1, 0.15) is 27.7 Å². The predicted octanol–water partition coefficient (Wildman–Crippen LogP) is 4.68. The number of rotatable bonds is 5. The molecule has 0 unspecified atom stereocenters. The molecule has 1 aliphatic rings. The van der Waals surface area contributed by atoms with E-state index >= 15 is 0 Å². The van der Waals surface area contributed by atoms with Crippen molar-refractivity contribution in [3.05, 3.63) is 74.0 Å². The molecule has 0 saturated carbocycles. The quantitative estimate of drug-likeness (QED) is 0.406. The standard InChI is InChI=1S/C23H17ClN2O6S/c1-29-15-8-11(9-16(30-2)20(15)31-3)18-17-19(27)13-10-12(24)4-5-14(13)32-21(17)22(28)26(18)23-25-6-7-33-23/h4-10,18H,1-3H3/t18-/m0/s1. The number of amides is 1. The third kappa shape index (κ3) is 3.23. The van der Waals surface area contributed by atoms with Crippen LogP contribution in [-0.2, 0) is 0 Å². The molecule has 33 heavy (non-hydrogen) atoms. The fourth-order valence-corrected chi connectivity index (χ4v) is 4.89. The van der Waals surface area contributed by atoms with Crippen LogP contribution in [0.2, 0.25) is 5.02 Å². The van der Waals surface area contributed by atoms with Gasteiger partial charge >= 0.3 is 0 Å². The van der Waals surface area contributed by atoms with Crippen molar-refractivity contribution in [3.63, 3.8) is 0 Å². The molecule has 5 rings (SSSR count). The van der Waals surface area contributed by atoms with E-state index in [0.29, 0.717) is 33.0 Å². The summed E-state index contributed by atoms with van der Waals surface area (Å²) in [6.45, 7) is 0. The van der Waals surface area contributed by atoms with Crippen molar-refractivity contribution in [2.45, 2.75) is 6.04 Å². The van der Waals surface area contributed by atoms with Crippen LogP contribution in [0.4, 0.5) is 5.13 Å². The molecule has 2 aromatic heterocycles. The maximum absolute atomic E-state index is 13.6. The summed E-state index contributed by atoms with van der Waals surface area (Å²) in [5.74, 6) is 0.669. The number of carbonyl (C=O) groups excluding carboxylic acids is 1. The van der Waals surface area contributed by atoms with Crippen LogP contribution in [-0.4, -0.2) is 32.2 Å². The average molecular weight is 485 g/mol. The molecule has 10 heteroatoms. The Kier molecular flexibility index (Phi) is 5.22. The molecular weight excluding hydrogens is 468 g/mol. The van der Waals surface area contributed by atoms with Gasteiger partial charge in [0, 0.05) is 16.6 Å². The van der Waals surface area contributed by atoms with Gasteiger partial charge < -0.3 is 18.6 Å². The summed E-state index contributed by atoms with van der Waals surface area (Å²) in [4.78, 5) is 32.9. The summed E-state index contributed by atoms with van der Waals surface area (Å²) in [7, 11) is 4.50. The lowest BCUT2D eigenvalue weighted by Gasteiger charge is -2.24. The fraction of sp³-hybridized carbons (Fsp3) is 0.174. The summed E-state index contributed by atoms with van der Waals surface area (Å²) in [5.41, 5.74) is 0.695. The third-order valence-corrected chi connectivity index (χ3v) is 6.47. The molecule has 2 aromatic carbocycles. The van der Waals surface area contributed by atoms with Gasteiger partial charge in [0.15, 0.2) is 22.1 Å². The fourth-order valence-electron chi connectivity index (χ4n) is 4.05. The van der Waals surface area contributed by atoms with Crippen molar-refractivity contribution in [3.8, 4) is 17.2 Å². The van der Waals surface area contributed by atoms with Crippen LogP contribution in [0.5, 0.6) is 17.2 Å². The zero-order chi connectivity index (χ0) is 23.3. The molecule has 0 aliphatic carbocycles. The number of carbonyl (C=O) groups is 1. The molecule has 0 N–H and O–H groups in total. The lowest BCUT2D eigenvalue weighted by Crippen LogP contribution is -2.29. The minimum absolute atomic E-state index is 0.0382. The van der Waals surface area contributed by atoms with E-state index < -0.39 is 11.9 Å². The van der Waals surface area contributed by atoms with Gasteiger partial charge in [-0.2, -0.15) is 0 Å². The molecule has 168 valence electrons. The van der Waals surface area contributed by atoms with Gasteiger partial charge in [0.25, 0.3) is 5.91 Å². The summed E-state index contributed by atoms with van der Waals surface area (Å²) < 4.78 is 22.3. The van der Waals surface area contributed by atoms with Crippen LogP contribution in [0.15, 0.2) is 51.1 Å². The van der Waals surface area contributed by atoms with E-state index in [9.17, 15) is 9.59 Å². The van der Waals surface area contributed by atoms with E-state index in [-0.39, 0.29) is 27.7 Å². The first-order chi connectivity index (χ1) is 16.0. The molecule has 0 radical (unpaired) electrons. The number of anilines is 1. The van der Waals surface area contributed by atoms with Crippen molar-refractivity contribution < 1.29 is 23.4 Å². The van der Waals surface area contributed by atoms with Gasteiger partial charge in [0.05, 0.1) is 38.3 Å². The van der Waals surface area contributed by atoms with Gasteiger partial charge in [0.1, 0.15) is 5.58 Å². The minimum Gasteiger partial charge on any atom is -0.493 e. The molecule has 1 amide bonds. The maximum atomic E-state index is 13.6. The Morgan fingerprint density at radius 1 is 1.06 bits per heavy atom. The van der Waals surface area contributed by atoms with E-state index in [1.807, 2.05) is 0 Å². The van der Waals surface area contributed by atoms with Crippen LogP contribution in [0.3, 0.4) is 0 Å². The highest BCUT2D eigenvalue weighted by Crippen LogP contribution is 2.46.